The van der Waals surface area contributed by atoms with Gasteiger partial charge in [-0.15, -0.1) is 0 Å². The Labute approximate surface area is 119 Å². The third kappa shape index (κ3) is 8.58. The van der Waals surface area contributed by atoms with E-state index in [0.717, 1.165) is 32.7 Å². The molecule has 2 atom stereocenters. The molecule has 0 spiro atoms. The van der Waals surface area contributed by atoms with Gasteiger partial charge in [-0.05, 0) is 34.1 Å². The Balaban J connectivity index is 4.56. The van der Waals surface area contributed by atoms with Crippen LogP contribution < -0.4 is 5.32 Å². The average Bonchev–Trinajstić information content (AvgIpc) is 2.32. The van der Waals surface area contributed by atoms with E-state index >= 15 is 0 Å². The molecule has 0 bridgehead atoms. The van der Waals surface area contributed by atoms with Crippen LogP contribution in [-0.2, 0) is 9.47 Å². The van der Waals surface area contributed by atoms with Crippen LogP contribution in [0.1, 0.15) is 41.0 Å². The minimum Gasteiger partial charge on any atom is -0.383 e. The summed E-state index contributed by atoms with van der Waals surface area (Å²) in [5.74, 6) is 0. The van der Waals surface area contributed by atoms with E-state index in [1.807, 2.05) is 0 Å². The fourth-order valence-electron chi connectivity index (χ4n) is 2.22. The summed E-state index contributed by atoms with van der Waals surface area (Å²) >= 11 is 0. The van der Waals surface area contributed by atoms with E-state index in [-0.39, 0.29) is 5.54 Å². The van der Waals surface area contributed by atoms with Crippen LogP contribution in [0.15, 0.2) is 0 Å². The standard InChI is InChI=1S/C15H34N2O2/c1-8-14(11-16-15(3,4)5)17(9-10-18-6)13(2)12-19-7/h13-14,16H,8-12H2,1-7H3. The maximum Gasteiger partial charge on any atom is 0.0615 e. The van der Waals surface area contributed by atoms with Crippen molar-refractivity contribution in [2.75, 3.05) is 40.5 Å². The first kappa shape index (κ1) is 18.8. The molecular formula is C15H34N2O2. The Hall–Kier alpha value is -0.160. The van der Waals surface area contributed by atoms with Gasteiger partial charge < -0.3 is 14.8 Å². The van der Waals surface area contributed by atoms with Gasteiger partial charge in [-0.1, -0.05) is 6.92 Å². The molecule has 2 unspecified atom stereocenters. The molecule has 0 aromatic heterocycles. The summed E-state index contributed by atoms with van der Waals surface area (Å²) < 4.78 is 10.5. The molecule has 0 radical (unpaired) electrons. The lowest BCUT2D eigenvalue weighted by molar-refractivity contribution is 0.0437. The molecule has 4 heteroatoms. The highest BCUT2D eigenvalue weighted by atomic mass is 16.5. The molecule has 0 fully saturated rings. The second kappa shape index (κ2) is 9.70. The molecule has 116 valence electrons. The Morgan fingerprint density at radius 1 is 1.16 bits per heavy atom. The topological polar surface area (TPSA) is 33.7 Å². The van der Waals surface area contributed by atoms with Gasteiger partial charge in [-0.3, -0.25) is 4.90 Å². The number of rotatable bonds is 10. The molecule has 1 N–H and O–H groups in total. The summed E-state index contributed by atoms with van der Waals surface area (Å²) in [5.41, 5.74) is 0.158. The van der Waals surface area contributed by atoms with E-state index in [1.165, 1.54) is 0 Å². The van der Waals surface area contributed by atoms with Gasteiger partial charge >= 0.3 is 0 Å². The van der Waals surface area contributed by atoms with Crippen molar-refractivity contribution in [3.05, 3.63) is 0 Å². The predicted octanol–water partition coefficient (Wildman–Crippen LogP) is 2.14. The smallest absolute Gasteiger partial charge is 0.0615 e. The summed E-state index contributed by atoms with van der Waals surface area (Å²) in [6, 6.07) is 0.923. The lowest BCUT2D eigenvalue weighted by atomic mass is 10.1. The zero-order chi connectivity index (χ0) is 14.9. The molecule has 0 heterocycles. The van der Waals surface area contributed by atoms with E-state index in [0.29, 0.717) is 12.1 Å². The van der Waals surface area contributed by atoms with Crippen LogP contribution in [0.3, 0.4) is 0 Å². The van der Waals surface area contributed by atoms with Crippen LogP contribution >= 0.6 is 0 Å². The first-order valence-corrected chi connectivity index (χ1v) is 7.34. The van der Waals surface area contributed by atoms with Gasteiger partial charge in [0.05, 0.1) is 13.2 Å². The van der Waals surface area contributed by atoms with Crippen LogP contribution in [0, 0.1) is 0 Å². The van der Waals surface area contributed by atoms with Gasteiger partial charge in [0.15, 0.2) is 0 Å². The molecular weight excluding hydrogens is 240 g/mol. The number of methoxy groups -OCH3 is 2. The average molecular weight is 274 g/mol. The van der Waals surface area contributed by atoms with Crippen molar-refractivity contribution in [3.63, 3.8) is 0 Å². The number of nitrogens with zero attached hydrogens (tertiary/aromatic N) is 1. The number of nitrogens with one attached hydrogen (secondary N) is 1. The Morgan fingerprint density at radius 2 is 1.79 bits per heavy atom. The van der Waals surface area contributed by atoms with Crippen molar-refractivity contribution >= 4 is 0 Å². The van der Waals surface area contributed by atoms with Gasteiger partial charge in [0.25, 0.3) is 0 Å². The molecule has 0 aliphatic rings. The first-order chi connectivity index (χ1) is 8.85. The highest BCUT2D eigenvalue weighted by molar-refractivity contribution is 4.81. The molecule has 0 saturated heterocycles. The van der Waals surface area contributed by atoms with Crippen molar-refractivity contribution in [1.82, 2.24) is 10.2 Å². The van der Waals surface area contributed by atoms with Crippen LogP contribution in [-0.4, -0.2) is 63.0 Å². The molecule has 0 aliphatic heterocycles. The van der Waals surface area contributed by atoms with Crippen molar-refractivity contribution < 1.29 is 9.47 Å². The first-order valence-electron chi connectivity index (χ1n) is 7.34. The molecule has 0 aliphatic carbocycles. The third-order valence-electron chi connectivity index (χ3n) is 3.34. The highest BCUT2D eigenvalue weighted by Gasteiger charge is 2.23. The summed E-state index contributed by atoms with van der Waals surface area (Å²) in [6.07, 6.45) is 1.13. The van der Waals surface area contributed by atoms with Crippen LogP contribution in [0.5, 0.6) is 0 Å². The van der Waals surface area contributed by atoms with Crippen molar-refractivity contribution in [3.8, 4) is 0 Å². The molecule has 0 saturated carbocycles. The second-order valence-corrected chi connectivity index (χ2v) is 6.23. The van der Waals surface area contributed by atoms with E-state index in [2.05, 4.69) is 44.8 Å². The Morgan fingerprint density at radius 3 is 2.21 bits per heavy atom. The van der Waals surface area contributed by atoms with Gasteiger partial charge in [-0.25, -0.2) is 0 Å². The molecule has 0 amide bonds. The molecule has 0 aromatic rings. The maximum absolute atomic E-state index is 5.30. The van der Waals surface area contributed by atoms with Gasteiger partial charge in [-0.2, -0.15) is 0 Å². The van der Waals surface area contributed by atoms with E-state index < -0.39 is 0 Å². The highest BCUT2D eigenvalue weighted by Crippen LogP contribution is 2.11. The largest absolute Gasteiger partial charge is 0.383 e. The molecule has 4 nitrogen and oxygen atoms in total. The van der Waals surface area contributed by atoms with E-state index in [9.17, 15) is 0 Å². The van der Waals surface area contributed by atoms with Gasteiger partial charge in [0.2, 0.25) is 0 Å². The Bertz CT molecular complexity index is 217. The normalized spacial score (nSPS) is 15.8. The SMILES string of the molecule is CCC(CNC(C)(C)C)N(CCOC)C(C)COC. The number of hydrogen-bond acceptors (Lipinski definition) is 4. The summed E-state index contributed by atoms with van der Waals surface area (Å²) in [4.78, 5) is 2.49. The summed E-state index contributed by atoms with van der Waals surface area (Å²) in [7, 11) is 3.52. The number of hydrogen-bond donors (Lipinski definition) is 1. The fraction of sp³-hybridized carbons (Fsp3) is 1.00. The summed E-state index contributed by atoms with van der Waals surface area (Å²) in [5, 5.41) is 3.60. The minimum atomic E-state index is 0.158. The fourth-order valence-corrected chi connectivity index (χ4v) is 2.22. The maximum atomic E-state index is 5.30. The van der Waals surface area contributed by atoms with Crippen LogP contribution in [0.2, 0.25) is 0 Å². The Kier molecular flexibility index (Phi) is 9.62. The summed E-state index contributed by atoms with van der Waals surface area (Å²) in [6.45, 7) is 14.6. The quantitative estimate of drug-likeness (QED) is 0.662. The molecule has 0 rings (SSSR count). The van der Waals surface area contributed by atoms with Crippen LogP contribution in [0.4, 0.5) is 0 Å². The lowest BCUT2D eigenvalue weighted by Gasteiger charge is -2.37. The van der Waals surface area contributed by atoms with Gasteiger partial charge in [0.1, 0.15) is 0 Å². The zero-order valence-corrected chi connectivity index (χ0v) is 14.0. The monoisotopic (exact) mass is 274 g/mol. The van der Waals surface area contributed by atoms with Gasteiger partial charge in [0, 0.05) is 44.9 Å². The zero-order valence-electron chi connectivity index (χ0n) is 14.0. The van der Waals surface area contributed by atoms with Crippen molar-refractivity contribution in [2.45, 2.75) is 58.7 Å². The molecule has 19 heavy (non-hydrogen) atoms. The van der Waals surface area contributed by atoms with E-state index in [4.69, 9.17) is 9.47 Å². The minimum absolute atomic E-state index is 0.158. The predicted molar refractivity (Wildman–Crippen MR) is 81.8 cm³/mol. The third-order valence-corrected chi connectivity index (χ3v) is 3.34. The van der Waals surface area contributed by atoms with E-state index in [1.54, 1.807) is 14.2 Å². The van der Waals surface area contributed by atoms with Crippen LogP contribution in [0.25, 0.3) is 0 Å². The lowest BCUT2D eigenvalue weighted by Crippen LogP contribution is -2.52. The second-order valence-electron chi connectivity index (χ2n) is 6.23. The molecule has 0 aromatic carbocycles. The van der Waals surface area contributed by atoms with Crippen molar-refractivity contribution in [1.29, 1.82) is 0 Å². The van der Waals surface area contributed by atoms with Crippen molar-refractivity contribution in [2.24, 2.45) is 0 Å². The number of ether oxygens (including phenoxy) is 2.